The second kappa shape index (κ2) is 10.3. The largest absolute Gasteiger partial charge is 0.454 e. The van der Waals surface area contributed by atoms with Crippen LogP contribution in [0.4, 0.5) is 16.2 Å². The smallest absolute Gasteiger partial charge is 0.412 e. The van der Waals surface area contributed by atoms with Gasteiger partial charge in [-0.1, -0.05) is 26.8 Å². The van der Waals surface area contributed by atoms with Gasteiger partial charge in [-0.3, -0.25) is 14.9 Å². The molecule has 2 amide bonds. The third kappa shape index (κ3) is 8.40. The van der Waals surface area contributed by atoms with Gasteiger partial charge in [0.25, 0.3) is 0 Å². The van der Waals surface area contributed by atoms with Crippen LogP contribution in [0, 0.1) is 5.41 Å². The number of carbonyl (C=O) groups is 4. The Balaban J connectivity index is 1.93. The van der Waals surface area contributed by atoms with E-state index in [1.54, 1.807) is 77.9 Å². The van der Waals surface area contributed by atoms with Crippen LogP contribution in [0.3, 0.4) is 0 Å². The number of hydrogen-bond acceptors (Lipinski definition) is 6. The van der Waals surface area contributed by atoms with E-state index in [4.69, 9.17) is 9.47 Å². The molecule has 0 saturated carbocycles. The summed E-state index contributed by atoms with van der Waals surface area (Å²) >= 11 is 0. The number of esters is 1. The van der Waals surface area contributed by atoms with Crippen molar-refractivity contribution in [2.24, 2.45) is 5.41 Å². The lowest BCUT2D eigenvalue weighted by Crippen LogP contribution is -2.27. The van der Waals surface area contributed by atoms with Crippen molar-refractivity contribution in [1.29, 1.82) is 0 Å². The molecular weight excluding hydrogens is 424 g/mol. The normalized spacial score (nSPS) is 11.3. The summed E-state index contributed by atoms with van der Waals surface area (Å²) in [6.45, 7) is 10.2. The minimum Gasteiger partial charge on any atom is -0.454 e. The lowest BCUT2D eigenvalue weighted by atomic mass is 9.95. The maximum absolute atomic E-state index is 12.4. The van der Waals surface area contributed by atoms with Crippen molar-refractivity contribution in [2.45, 2.75) is 47.1 Å². The summed E-state index contributed by atoms with van der Waals surface area (Å²) < 4.78 is 10.3. The molecule has 8 nitrogen and oxygen atoms in total. The van der Waals surface area contributed by atoms with Gasteiger partial charge < -0.3 is 14.8 Å². The lowest BCUT2D eigenvalue weighted by molar-refractivity contribution is -0.123. The minimum absolute atomic E-state index is 0.140. The summed E-state index contributed by atoms with van der Waals surface area (Å²) in [7, 11) is 0. The summed E-state index contributed by atoms with van der Waals surface area (Å²) in [5, 5.41) is 5.32. The Bertz CT molecular complexity index is 1030. The highest BCUT2D eigenvalue weighted by molar-refractivity contribution is 6.00. The fourth-order valence-corrected chi connectivity index (χ4v) is 2.50. The summed E-state index contributed by atoms with van der Waals surface area (Å²) in [6.07, 6.45) is -0.648. The molecule has 0 heterocycles. The molecule has 2 rings (SSSR count). The average molecular weight is 455 g/mol. The molecule has 0 spiro atoms. The number of Topliss-reactive ketones (excluding diaryl/α,β-unsaturated/α-hetero) is 1. The van der Waals surface area contributed by atoms with E-state index in [-0.39, 0.29) is 17.3 Å². The third-order valence-corrected chi connectivity index (χ3v) is 4.22. The van der Waals surface area contributed by atoms with E-state index in [9.17, 15) is 19.2 Å². The van der Waals surface area contributed by atoms with Crippen molar-refractivity contribution in [3.8, 4) is 0 Å². The topological polar surface area (TPSA) is 111 Å². The molecule has 0 fully saturated rings. The molecule has 2 N–H and O–H groups in total. The molecule has 176 valence electrons. The molecular formula is C25H30N2O6. The van der Waals surface area contributed by atoms with Crippen LogP contribution in [0.1, 0.15) is 62.3 Å². The van der Waals surface area contributed by atoms with E-state index in [1.807, 2.05) is 0 Å². The van der Waals surface area contributed by atoms with Gasteiger partial charge in [-0.25, -0.2) is 9.59 Å². The van der Waals surface area contributed by atoms with Gasteiger partial charge in [0.2, 0.25) is 5.91 Å². The molecule has 8 heteroatoms. The molecule has 0 aliphatic rings. The van der Waals surface area contributed by atoms with E-state index >= 15 is 0 Å². The molecule has 2 aromatic rings. The Hall–Kier alpha value is -3.68. The average Bonchev–Trinajstić information content (AvgIpc) is 2.70. The molecule has 0 aliphatic carbocycles. The Morgan fingerprint density at radius 3 is 2.00 bits per heavy atom. The fourth-order valence-electron chi connectivity index (χ4n) is 2.50. The van der Waals surface area contributed by atoms with Crippen molar-refractivity contribution in [3.63, 3.8) is 0 Å². The second-order valence-electron chi connectivity index (χ2n) is 9.49. The van der Waals surface area contributed by atoms with E-state index < -0.39 is 29.7 Å². The number of amides is 2. The Morgan fingerprint density at radius 1 is 0.788 bits per heavy atom. The second-order valence-corrected chi connectivity index (χ2v) is 9.49. The molecule has 0 radical (unpaired) electrons. The van der Waals surface area contributed by atoms with Crippen LogP contribution in [0.25, 0.3) is 0 Å². The number of benzene rings is 2. The first kappa shape index (κ1) is 25.6. The summed E-state index contributed by atoms with van der Waals surface area (Å²) in [5.41, 5.74) is 0.254. The van der Waals surface area contributed by atoms with Gasteiger partial charge in [-0.15, -0.1) is 0 Å². The van der Waals surface area contributed by atoms with E-state index in [0.29, 0.717) is 16.9 Å². The van der Waals surface area contributed by atoms with Gasteiger partial charge >= 0.3 is 12.1 Å². The first-order valence-electron chi connectivity index (χ1n) is 10.5. The number of hydrogen-bond donors (Lipinski definition) is 2. The van der Waals surface area contributed by atoms with Crippen LogP contribution in [-0.2, 0) is 14.3 Å². The SMILES string of the molecule is CC(C)(C)OC(=O)Nc1cccc(C(=O)OCC(=O)c2ccc(NC(=O)C(C)(C)C)cc2)c1. The van der Waals surface area contributed by atoms with Crippen molar-refractivity contribution < 1.29 is 28.7 Å². The lowest BCUT2D eigenvalue weighted by Gasteiger charge is -2.19. The maximum atomic E-state index is 12.4. The zero-order chi connectivity index (χ0) is 24.8. The van der Waals surface area contributed by atoms with Crippen LogP contribution in [0.5, 0.6) is 0 Å². The molecule has 0 atom stereocenters. The van der Waals surface area contributed by atoms with Crippen molar-refractivity contribution >= 4 is 35.1 Å². The molecule has 0 bridgehead atoms. The summed E-state index contributed by atoms with van der Waals surface area (Å²) in [5.74, 6) is -1.23. The molecule has 2 aromatic carbocycles. The highest BCUT2D eigenvalue weighted by Gasteiger charge is 2.21. The predicted octanol–water partition coefficient (Wildman–Crippen LogP) is 5.06. The number of carbonyl (C=O) groups excluding carboxylic acids is 4. The van der Waals surface area contributed by atoms with Gasteiger partial charge in [0.05, 0.1) is 5.56 Å². The molecule has 0 aliphatic heterocycles. The number of nitrogens with one attached hydrogen (secondary N) is 2. The molecule has 0 unspecified atom stereocenters. The number of rotatable bonds is 6. The van der Waals surface area contributed by atoms with Crippen molar-refractivity contribution in [1.82, 2.24) is 0 Å². The van der Waals surface area contributed by atoms with Gasteiger partial charge in [0, 0.05) is 22.4 Å². The van der Waals surface area contributed by atoms with Gasteiger partial charge in [-0.05, 0) is 63.2 Å². The Labute approximate surface area is 193 Å². The maximum Gasteiger partial charge on any atom is 0.412 e. The van der Waals surface area contributed by atoms with Crippen LogP contribution in [0.2, 0.25) is 0 Å². The van der Waals surface area contributed by atoms with Crippen LogP contribution >= 0.6 is 0 Å². The van der Waals surface area contributed by atoms with Crippen LogP contribution in [-0.4, -0.2) is 36.0 Å². The number of ether oxygens (including phenoxy) is 2. The van der Waals surface area contributed by atoms with Gasteiger partial charge in [0.15, 0.2) is 12.4 Å². The zero-order valence-corrected chi connectivity index (χ0v) is 19.8. The zero-order valence-electron chi connectivity index (χ0n) is 19.8. The van der Waals surface area contributed by atoms with Crippen LogP contribution in [0.15, 0.2) is 48.5 Å². The Morgan fingerprint density at radius 2 is 1.42 bits per heavy atom. The van der Waals surface area contributed by atoms with Crippen molar-refractivity contribution in [2.75, 3.05) is 17.2 Å². The van der Waals surface area contributed by atoms with E-state index in [1.165, 1.54) is 12.1 Å². The third-order valence-electron chi connectivity index (χ3n) is 4.22. The van der Waals surface area contributed by atoms with Gasteiger partial charge in [0.1, 0.15) is 5.60 Å². The molecule has 33 heavy (non-hydrogen) atoms. The molecule has 0 aromatic heterocycles. The number of anilines is 2. The highest BCUT2D eigenvalue weighted by Crippen LogP contribution is 2.18. The monoisotopic (exact) mass is 454 g/mol. The van der Waals surface area contributed by atoms with E-state index in [2.05, 4.69) is 10.6 Å². The first-order chi connectivity index (χ1) is 15.2. The highest BCUT2D eigenvalue weighted by atomic mass is 16.6. The standard InChI is InChI=1S/C25H30N2O6/c1-24(2,3)22(30)26-18-12-10-16(11-13-18)20(28)15-32-21(29)17-8-7-9-19(14-17)27-23(31)33-25(4,5)6/h7-14H,15H2,1-6H3,(H,26,30)(H,27,31). The van der Waals surface area contributed by atoms with E-state index in [0.717, 1.165) is 0 Å². The molecule has 0 saturated heterocycles. The first-order valence-corrected chi connectivity index (χ1v) is 10.5. The predicted molar refractivity (Wildman–Crippen MR) is 125 cm³/mol. The van der Waals surface area contributed by atoms with Crippen LogP contribution < -0.4 is 10.6 Å². The van der Waals surface area contributed by atoms with Crippen molar-refractivity contribution in [3.05, 3.63) is 59.7 Å². The summed E-state index contributed by atoms with van der Waals surface area (Å²) in [6, 6.07) is 12.5. The quantitative estimate of drug-likeness (QED) is 0.466. The number of ketones is 1. The minimum atomic E-state index is -0.703. The fraction of sp³-hybridized carbons (Fsp3) is 0.360. The Kier molecular flexibility index (Phi) is 7.98. The van der Waals surface area contributed by atoms with Gasteiger partial charge in [-0.2, -0.15) is 0 Å². The summed E-state index contributed by atoms with van der Waals surface area (Å²) in [4.78, 5) is 48.7.